The average Bonchev–Trinajstić information content (AvgIpc) is 3.17. The lowest BCUT2D eigenvalue weighted by Gasteiger charge is -2.29. The van der Waals surface area contributed by atoms with Gasteiger partial charge in [0.25, 0.3) is 0 Å². The summed E-state index contributed by atoms with van der Waals surface area (Å²) < 4.78 is 5.55. The molecular weight excluding hydrogens is 354 g/mol. The van der Waals surface area contributed by atoms with E-state index < -0.39 is 0 Å². The number of aryl methyl sites for hydroxylation is 1. The number of anilines is 1. The minimum absolute atomic E-state index is 0.705. The van der Waals surface area contributed by atoms with Gasteiger partial charge in [0.2, 0.25) is 0 Å². The molecule has 1 aliphatic rings. The molecule has 0 atom stereocenters. The van der Waals surface area contributed by atoms with Crippen LogP contribution in [-0.2, 0) is 6.54 Å². The van der Waals surface area contributed by atoms with Crippen LogP contribution >= 0.6 is 12.2 Å². The summed E-state index contributed by atoms with van der Waals surface area (Å²) in [5.74, 6) is 1.85. The molecule has 3 rings (SSSR count). The normalized spacial score (nSPS) is 19.6. The van der Waals surface area contributed by atoms with Crippen LogP contribution in [0.2, 0.25) is 0 Å². The van der Waals surface area contributed by atoms with Gasteiger partial charge in [-0.3, -0.25) is 0 Å². The van der Waals surface area contributed by atoms with Crippen molar-refractivity contribution in [2.24, 2.45) is 5.92 Å². The van der Waals surface area contributed by atoms with Crippen molar-refractivity contribution in [3.8, 4) is 0 Å². The summed E-state index contributed by atoms with van der Waals surface area (Å²) in [7, 11) is 0. The molecular formula is C22H32N3OS+. The molecule has 0 aliphatic carbocycles. The minimum atomic E-state index is 0.705. The number of hydrogen-bond donors (Lipinski definition) is 2. The second kappa shape index (κ2) is 9.90. The van der Waals surface area contributed by atoms with Crippen LogP contribution < -0.4 is 10.2 Å². The molecule has 0 radical (unpaired) electrons. The number of quaternary nitrogens is 1. The number of likely N-dealkylation sites (tertiary alicyclic amines) is 1. The zero-order valence-corrected chi connectivity index (χ0v) is 17.4. The smallest absolute Gasteiger partial charge is 0.173 e. The molecule has 5 heteroatoms. The number of hydrogen-bond acceptors (Lipinski definition) is 2. The maximum absolute atomic E-state index is 5.72. The predicted octanol–water partition coefficient (Wildman–Crippen LogP) is 3.49. The molecule has 4 nitrogen and oxygen atoms in total. The van der Waals surface area contributed by atoms with E-state index in [-0.39, 0.29) is 0 Å². The van der Waals surface area contributed by atoms with Gasteiger partial charge in [0, 0.05) is 18.7 Å². The van der Waals surface area contributed by atoms with E-state index >= 15 is 0 Å². The van der Waals surface area contributed by atoms with Crippen LogP contribution in [-0.4, -0.2) is 36.2 Å². The molecule has 0 bridgehead atoms. The largest absolute Gasteiger partial charge is 0.467 e. The lowest BCUT2D eigenvalue weighted by Crippen LogP contribution is -3.13. The van der Waals surface area contributed by atoms with Gasteiger partial charge in [-0.05, 0) is 62.2 Å². The highest BCUT2D eigenvalue weighted by atomic mass is 32.1. The van der Waals surface area contributed by atoms with Gasteiger partial charge in [-0.25, -0.2) is 0 Å². The Hall–Kier alpha value is -1.85. The lowest BCUT2D eigenvalue weighted by atomic mass is 9.99. The summed E-state index contributed by atoms with van der Waals surface area (Å²) in [4.78, 5) is 3.96. The maximum atomic E-state index is 5.72. The van der Waals surface area contributed by atoms with Crippen LogP contribution in [0.1, 0.15) is 37.5 Å². The first-order valence-electron chi connectivity index (χ1n) is 10.1. The Kier molecular flexibility index (Phi) is 7.30. The van der Waals surface area contributed by atoms with E-state index in [1.54, 1.807) is 11.2 Å². The number of nitrogens with zero attached hydrogens (tertiary/aromatic N) is 1. The highest BCUT2D eigenvalue weighted by molar-refractivity contribution is 7.80. The number of rotatable bonds is 7. The van der Waals surface area contributed by atoms with E-state index in [0.717, 1.165) is 35.4 Å². The van der Waals surface area contributed by atoms with Crippen molar-refractivity contribution in [2.45, 2.75) is 39.7 Å². The molecule has 0 saturated carbocycles. The molecule has 1 saturated heterocycles. The quantitative estimate of drug-likeness (QED) is 0.714. The van der Waals surface area contributed by atoms with Crippen molar-refractivity contribution < 1.29 is 9.32 Å². The molecule has 0 spiro atoms. The molecule has 0 unspecified atom stereocenters. The van der Waals surface area contributed by atoms with Crippen molar-refractivity contribution in [1.29, 1.82) is 0 Å². The molecule has 1 aromatic carbocycles. The summed E-state index contributed by atoms with van der Waals surface area (Å²) in [5, 5.41) is 4.15. The van der Waals surface area contributed by atoms with Crippen LogP contribution in [0, 0.1) is 12.8 Å². The summed E-state index contributed by atoms with van der Waals surface area (Å²) in [6.07, 6.45) is 5.58. The van der Waals surface area contributed by atoms with Gasteiger partial charge in [-0.15, -0.1) is 0 Å². The molecule has 1 aromatic heterocycles. The molecule has 2 N–H and O–H groups in total. The Balaban J connectivity index is 1.54. The van der Waals surface area contributed by atoms with Crippen LogP contribution in [0.3, 0.4) is 0 Å². The summed E-state index contributed by atoms with van der Waals surface area (Å²) in [6, 6.07) is 12.3. The third-order valence-electron chi connectivity index (χ3n) is 5.46. The van der Waals surface area contributed by atoms with E-state index in [9.17, 15) is 0 Å². The van der Waals surface area contributed by atoms with Gasteiger partial charge < -0.3 is 19.5 Å². The minimum Gasteiger partial charge on any atom is -0.467 e. The first kappa shape index (κ1) is 19.9. The van der Waals surface area contributed by atoms with Gasteiger partial charge in [0.1, 0.15) is 5.76 Å². The van der Waals surface area contributed by atoms with Gasteiger partial charge in [-0.1, -0.05) is 24.6 Å². The first-order valence-corrected chi connectivity index (χ1v) is 10.5. The van der Waals surface area contributed by atoms with E-state index in [4.69, 9.17) is 16.6 Å². The topological polar surface area (TPSA) is 32.9 Å². The van der Waals surface area contributed by atoms with Gasteiger partial charge in [-0.2, -0.15) is 0 Å². The van der Waals surface area contributed by atoms with Gasteiger partial charge in [0.15, 0.2) is 5.11 Å². The Morgan fingerprint density at radius 3 is 2.63 bits per heavy atom. The van der Waals surface area contributed by atoms with Crippen molar-refractivity contribution in [2.75, 3.05) is 31.5 Å². The second-order valence-electron chi connectivity index (χ2n) is 7.83. The lowest BCUT2D eigenvalue weighted by molar-refractivity contribution is -0.906. The number of benzene rings is 1. The monoisotopic (exact) mass is 386 g/mol. The van der Waals surface area contributed by atoms with Gasteiger partial charge in [0.05, 0.1) is 32.4 Å². The zero-order chi connectivity index (χ0) is 19.1. The molecule has 0 amide bonds. The molecule has 27 heavy (non-hydrogen) atoms. The Morgan fingerprint density at radius 2 is 1.96 bits per heavy atom. The van der Waals surface area contributed by atoms with Crippen LogP contribution in [0.4, 0.5) is 5.69 Å². The van der Waals surface area contributed by atoms with Gasteiger partial charge >= 0.3 is 0 Å². The predicted molar refractivity (Wildman–Crippen MR) is 115 cm³/mol. The van der Waals surface area contributed by atoms with Crippen molar-refractivity contribution >= 4 is 23.0 Å². The van der Waals surface area contributed by atoms with Crippen LogP contribution in [0.25, 0.3) is 0 Å². The number of furan rings is 1. The van der Waals surface area contributed by atoms with E-state index in [0.29, 0.717) is 6.54 Å². The molecule has 2 aromatic rings. The first-order chi connectivity index (χ1) is 13.1. The molecule has 1 aliphatic heterocycles. The number of thiocarbonyl (C=S) groups is 1. The highest BCUT2D eigenvalue weighted by Gasteiger charge is 2.19. The maximum Gasteiger partial charge on any atom is 0.173 e. The van der Waals surface area contributed by atoms with Crippen LogP contribution in [0.15, 0.2) is 47.1 Å². The van der Waals surface area contributed by atoms with Crippen molar-refractivity contribution in [3.05, 3.63) is 54.0 Å². The van der Waals surface area contributed by atoms with E-state index in [1.807, 2.05) is 12.1 Å². The van der Waals surface area contributed by atoms with E-state index in [2.05, 4.69) is 48.3 Å². The highest BCUT2D eigenvalue weighted by Crippen LogP contribution is 2.13. The van der Waals surface area contributed by atoms with Crippen LogP contribution in [0.5, 0.6) is 0 Å². The second-order valence-corrected chi connectivity index (χ2v) is 8.22. The third-order valence-corrected chi connectivity index (χ3v) is 5.82. The Morgan fingerprint density at radius 1 is 1.22 bits per heavy atom. The average molecular weight is 387 g/mol. The fourth-order valence-corrected chi connectivity index (χ4v) is 3.90. The Labute approximate surface area is 168 Å². The Bertz CT molecular complexity index is 691. The molecule has 146 valence electrons. The molecule has 2 heterocycles. The number of nitrogens with one attached hydrogen (secondary N) is 2. The SMILES string of the molecule is Cc1ccc(NC(=S)N(CCC[NH+]2CCC(C)CC2)Cc2ccco2)cc1. The van der Waals surface area contributed by atoms with Crippen molar-refractivity contribution in [1.82, 2.24) is 4.90 Å². The summed E-state index contributed by atoms with van der Waals surface area (Å²) in [6.45, 7) is 9.95. The standard InChI is InChI=1S/C22H31N3OS/c1-18-6-8-20(9-7-18)23-22(27)25(17-21-5-3-16-26-21)13-4-12-24-14-10-19(2)11-15-24/h3,5-9,16,19H,4,10-15,17H2,1-2H3,(H,23,27)/p+1. The summed E-state index contributed by atoms with van der Waals surface area (Å²) >= 11 is 5.72. The third kappa shape index (κ3) is 6.36. The fraction of sp³-hybridized carbons (Fsp3) is 0.500. The number of piperidine rings is 1. The fourth-order valence-electron chi connectivity index (χ4n) is 3.62. The molecule has 1 fully saturated rings. The van der Waals surface area contributed by atoms with E-state index in [1.165, 1.54) is 38.0 Å². The zero-order valence-electron chi connectivity index (χ0n) is 16.5. The van der Waals surface area contributed by atoms with Crippen molar-refractivity contribution in [3.63, 3.8) is 0 Å². The summed E-state index contributed by atoms with van der Waals surface area (Å²) in [5.41, 5.74) is 2.28.